The number of hydrogen-bond donors (Lipinski definition) is 0. The highest BCUT2D eigenvalue weighted by atomic mass is 32.2. The molecule has 56 valence electrons. The van der Waals surface area contributed by atoms with Crippen LogP contribution in [-0.2, 0) is 0 Å². The lowest BCUT2D eigenvalue weighted by atomic mass is 10.4. The molecule has 0 aliphatic carbocycles. The molecule has 2 aromatic heterocycles. The van der Waals surface area contributed by atoms with Crippen molar-refractivity contribution in [2.24, 2.45) is 0 Å². The average Bonchev–Trinajstić information content (AvgIpc) is 2.55. The smallest absolute Gasteiger partial charge is 0.143 e. The molecule has 0 radical (unpaired) electrons. The van der Waals surface area contributed by atoms with E-state index in [4.69, 9.17) is 12.2 Å². The summed E-state index contributed by atoms with van der Waals surface area (Å²) in [5.41, 5.74) is 0. The highest BCUT2D eigenvalue weighted by molar-refractivity contribution is 7.76. The van der Waals surface area contributed by atoms with Crippen molar-refractivity contribution in [2.75, 3.05) is 0 Å². The van der Waals surface area contributed by atoms with Crippen molar-refractivity contribution < 1.29 is 0 Å². The summed E-state index contributed by atoms with van der Waals surface area (Å²) in [4.78, 5) is 2.62. The van der Waals surface area contributed by atoms with Gasteiger partial charge in [0.25, 0.3) is 0 Å². The highest BCUT2D eigenvalue weighted by Crippen LogP contribution is 2.31. The molecule has 11 heavy (non-hydrogen) atoms. The van der Waals surface area contributed by atoms with Crippen LogP contribution in [0.5, 0.6) is 0 Å². The van der Waals surface area contributed by atoms with Gasteiger partial charge >= 0.3 is 0 Å². The van der Waals surface area contributed by atoms with Gasteiger partial charge < -0.3 is 0 Å². The van der Waals surface area contributed by atoms with Crippen LogP contribution in [0.15, 0.2) is 22.9 Å². The van der Waals surface area contributed by atoms with E-state index in [1.807, 2.05) is 0 Å². The van der Waals surface area contributed by atoms with E-state index in [1.165, 1.54) is 9.75 Å². The van der Waals surface area contributed by atoms with Crippen molar-refractivity contribution in [3.63, 3.8) is 0 Å². The van der Waals surface area contributed by atoms with Gasteiger partial charge in [0, 0.05) is 10.3 Å². The van der Waals surface area contributed by atoms with E-state index < -0.39 is 0 Å². The summed E-state index contributed by atoms with van der Waals surface area (Å²) in [5.74, 6) is 0. The Bertz CT molecular complexity index is 378. The molecular weight excluding hydrogens is 212 g/mol. The van der Waals surface area contributed by atoms with Gasteiger partial charge in [-0.25, -0.2) is 0 Å². The van der Waals surface area contributed by atoms with E-state index in [9.17, 15) is 0 Å². The first-order chi connectivity index (χ1) is 5.36. The predicted octanol–water partition coefficient (Wildman–Crippen LogP) is 4.27. The quantitative estimate of drug-likeness (QED) is 0.642. The second kappa shape index (κ2) is 3.15. The molecule has 0 aliphatic rings. The van der Waals surface area contributed by atoms with Gasteiger partial charge in [-0.1, -0.05) is 18.3 Å². The van der Waals surface area contributed by atoms with E-state index in [-0.39, 0.29) is 0 Å². The largest absolute Gasteiger partial charge is 0.144 e. The minimum atomic E-state index is 1.01. The van der Waals surface area contributed by atoms with Crippen molar-refractivity contribution in [3.05, 3.63) is 26.0 Å². The third kappa shape index (κ3) is 1.59. The maximum atomic E-state index is 5.05. The SMILES string of the molecule is S=c1scc(-c2cccs2)s1. The summed E-state index contributed by atoms with van der Waals surface area (Å²) in [7, 11) is 0. The third-order valence-electron chi connectivity index (χ3n) is 1.22. The molecule has 0 saturated carbocycles. The average molecular weight is 216 g/mol. The molecular formula is C7H4S4. The van der Waals surface area contributed by atoms with Gasteiger partial charge in [-0.05, 0) is 11.4 Å². The highest BCUT2D eigenvalue weighted by Gasteiger charge is 1.99. The zero-order valence-corrected chi connectivity index (χ0v) is 8.71. The molecule has 0 aliphatic heterocycles. The second-order valence-electron chi connectivity index (χ2n) is 1.93. The lowest BCUT2D eigenvalue weighted by molar-refractivity contribution is 1.98. The normalized spacial score (nSPS) is 10.2. The molecule has 0 amide bonds. The van der Waals surface area contributed by atoms with Crippen molar-refractivity contribution >= 4 is 46.2 Å². The fourth-order valence-corrected chi connectivity index (χ4v) is 3.78. The van der Waals surface area contributed by atoms with E-state index in [0.29, 0.717) is 0 Å². The number of thiophene rings is 1. The van der Waals surface area contributed by atoms with E-state index >= 15 is 0 Å². The number of rotatable bonds is 1. The molecule has 0 bridgehead atoms. The summed E-state index contributed by atoms with van der Waals surface area (Å²) in [5, 5.41) is 4.21. The summed E-state index contributed by atoms with van der Waals surface area (Å²) < 4.78 is 1.01. The van der Waals surface area contributed by atoms with Gasteiger partial charge in [0.1, 0.15) is 3.14 Å². The fourth-order valence-electron chi connectivity index (χ4n) is 0.767. The van der Waals surface area contributed by atoms with Crippen LogP contribution < -0.4 is 0 Å². The summed E-state index contributed by atoms with van der Waals surface area (Å²) >= 11 is 10.1. The Kier molecular flexibility index (Phi) is 2.18. The number of hydrogen-bond acceptors (Lipinski definition) is 4. The van der Waals surface area contributed by atoms with Crippen LogP contribution in [-0.4, -0.2) is 0 Å². The zero-order valence-electron chi connectivity index (χ0n) is 5.44. The molecule has 0 fully saturated rings. The molecule has 0 atom stereocenters. The first kappa shape index (κ1) is 7.61. The van der Waals surface area contributed by atoms with Crippen LogP contribution in [0.25, 0.3) is 9.75 Å². The van der Waals surface area contributed by atoms with Gasteiger partial charge in [-0.2, -0.15) is 0 Å². The molecule has 2 rings (SSSR count). The maximum absolute atomic E-state index is 5.05. The summed E-state index contributed by atoms with van der Waals surface area (Å²) in [6.07, 6.45) is 0. The first-order valence-corrected chi connectivity index (χ1v) is 5.97. The minimum Gasteiger partial charge on any atom is -0.143 e. The molecule has 4 heteroatoms. The van der Waals surface area contributed by atoms with Crippen molar-refractivity contribution in [3.8, 4) is 9.75 Å². The van der Waals surface area contributed by atoms with Crippen molar-refractivity contribution in [2.45, 2.75) is 0 Å². The van der Waals surface area contributed by atoms with Crippen LogP contribution in [0.3, 0.4) is 0 Å². The van der Waals surface area contributed by atoms with Gasteiger partial charge in [0.2, 0.25) is 0 Å². The lowest BCUT2D eigenvalue weighted by Gasteiger charge is -1.84. The third-order valence-corrected chi connectivity index (χ3v) is 4.75. The van der Waals surface area contributed by atoms with Gasteiger partial charge in [-0.15, -0.1) is 34.0 Å². The Labute approximate surface area is 81.8 Å². The van der Waals surface area contributed by atoms with Crippen LogP contribution in [0, 0.1) is 3.14 Å². The molecule has 2 aromatic rings. The fraction of sp³-hybridized carbons (Fsp3) is 0. The summed E-state index contributed by atoms with van der Waals surface area (Å²) in [6.45, 7) is 0. The molecule has 0 N–H and O–H groups in total. The topological polar surface area (TPSA) is 0 Å². The maximum Gasteiger partial charge on any atom is 0.144 e. The van der Waals surface area contributed by atoms with Crippen molar-refractivity contribution in [1.82, 2.24) is 0 Å². The lowest BCUT2D eigenvalue weighted by Crippen LogP contribution is -1.54. The van der Waals surface area contributed by atoms with Crippen LogP contribution in [0.4, 0.5) is 0 Å². The Morgan fingerprint density at radius 1 is 1.18 bits per heavy atom. The van der Waals surface area contributed by atoms with Crippen molar-refractivity contribution in [1.29, 1.82) is 0 Å². The monoisotopic (exact) mass is 216 g/mol. The standard InChI is InChI=1S/C7H4S4/c8-7-10-4-6(11-7)5-2-1-3-9-5/h1-4H. The molecule has 0 spiro atoms. The van der Waals surface area contributed by atoms with Gasteiger partial charge in [-0.3, -0.25) is 0 Å². The Balaban J connectivity index is 2.53. The van der Waals surface area contributed by atoms with E-state index in [2.05, 4.69) is 22.9 Å². The molecule has 0 unspecified atom stereocenters. The Morgan fingerprint density at radius 2 is 2.09 bits per heavy atom. The zero-order chi connectivity index (χ0) is 7.68. The molecule has 0 aromatic carbocycles. The minimum absolute atomic E-state index is 1.01. The van der Waals surface area contributed by atoms with Crippen LogP contribution >= 0.6 is 46.2 Å². The summed E-state index contributed by atoms with van der Waals surface area (Å²) in [6, 6.07) is 4.19. The Morgan fingerprint density at radius 3 is 2.64 bits per heavy atom. The molecule has 0 saturated heterocycles. The van der Waals surface area contributed by atoms with Gasteiger partial charge in [0.15, 0.2) is 0 Å². The molecule has 2 heterocycles. The van der Waals surface area contributed by atoms with Crippen LogP contribution in [0.2, 0.25) is 0 Å². The second-order valence-corrected chi connectivity index (χ2v) is 5.99. The Hall–Kier alpha value is -0.0300. The molecule has 0 nitrogen and oxygen atoms in total. The first-order valence-electron chi connectivity index (χ1n) is 2.99. The predicted molar refractivity (Wildman–Crippen MR) is 56.3 cm³/mol. The van der Waals surface area contributed by atoms with Gasteiger partial charge in [0.05, 0.1) is 4.88 Å². The van der Waals surface area contributed by atoms with Crippen LogP contribution in [0.1, 0.15) is 0 Å². The van der Waals surface area contributed by atoms with E-state index in [0.717, 1.165) is 3.14 Å². The van der Waals surface area contributed by atoms with E-state index in [1.54, 1.807) is 34.0 Å².